The standard InChI is InChI=1S/C14H17ClN4O2/c1-3-7-21-11-6-5-9(15)8-10(11)16-14(20)13-17-12(4-2)18-19-13/h5-6,8H,3-4,7H2,1-2H3,(H,16,20)(H,17,18,19). The van der Waals surface area contributed by atoms with Crippen LogP contribution >= 0.6 is 11.6 Å². The molecule has 0 aliphatic carbocycles. The van der Waals surface area contributed by atoms with Crippen LogP contribution in [0.1, 0.15) is 36.7 Å². The molecule has 6 nitrogen and oxygen atoms in total. The predicted octanol–water partition coefficient (Wildman–Crippen LogP) is 3.06. The molecule has 0 spiro atoms. The van der Waals surface area contributed by atoms with Gasteiger partial charge in [-0.25, -0.2) is 4.98 Å². The minimum absolute atomic E-state index is 0.0910. The summed E-state index contributed by atoms with van der Waals surface area (Å²) < 4.78 is 5.58. The molecule has 112 valence electrons. The van der Waals surface area contributed by atoms with Crippen LogP contribution in [0.4, 0.5) is 5.69 Å². The highest BCUT2D eigenvalue weighted by molar-refractivity contribution is 6.31. The van der Waals surface area contributed by atoms with E-state index in [1.807, 2.05) is 13.8 Å². The minimum atomic E-state index is -0.408. The van der Waals surface area contributed by atoms with E-state index in [1.165, 1.54) is 0 Å². The molecule has 0 aliphatic rings. The molecule has 0 fully saturated rings. The molecular formula is C14H17ClN4O2. The van der Waals surface area contributed by atoms with E-state index in [-0.39, 0.29) is 5.82 Å². The molecule has 2 aromatic rings. The fraction of sp³-hybridized carbons (Fsp3) is 0.357. The average Bonchev–Trinajstić information content (AvgIpc) is 2.95. The average molecular weight is 309 g/mol. The summed E-state index contributed by atoms with van der Waals surface area (Å²) in [5, 5.41) is 9.81. The van der Waals surface area contributed by atoms with Gasteiger partial charge in [-0.05, 0) is 24.6 Å². The van der Waals surface area contributed by atoms with Gasteiger partial charge < -0.3 is 10.1 Å². The van der Waals surface area contributed by atoms with Gasteiger partial charge in [-0.15, -0.1) is 5.10 Å². The Hall–Kier alpha value is -2.08. The van der Waals surface area contributed by atoms with Crippen molar-refractivity contribution in [3.8, 4) is 5.75 Å². The molecule has 21 heavy (non-hydrogen) atoms. The van der Waals surface area contributed by atoms with Gasteiger partial charge in [-0.1, -0.05) is 25.4 Å². The molecule has 0 atom stereocenters. The predicted molar refractivity (Wildman–Crippen MR) is 81.0 cm³/mol. The second-order valence-electron chi connectivity index (χ2n) is 4.40. The third-order valence-corrected chi connectivity index (χ3v) is 2.96. The number of nitrogens with one attached hydrogen (secondary N) is 2. The molecule has 1 amide bonds. The van der Waals surface area contributed by atoms with Gasteiger partial charge in [0.05, 0.1) is 12.3 Å². The van der Waals surface area contributed by atoms with Crippen molar-refractivity contribution in [3.05, 3.63) is 34.9 Å². The summed E-state index contributed by atoms with van der Waals surface area (Å²) in [7, 11) is 0. The number of carbonyl (C=O) groups is 1. The number of hydrogen-bond acceptors (Lipinski definition) is 4. The number of aromatic amines is 1. The van der Waals surface area contributed by atoms with Gasteiger partial charge in [0.15, 0.2) is 0 Å². The van der Waals surface area contributed by atoms with Gasteiger partial charge >= 0.3 is 0 Å². The minimum Gasteiger partial charge on any atom is -0.491 e. The summed E-state index contributed by atoms with van der Waals surface area (Å²) >= 11 is 5.96. The fourth-order valence-corrected chi connectivity index (χ4v) is 1.84. The number of halogens is 1. The fourth-order valence-electron chi connectivity index (χ4n) is 1.67. The summed E-state index contributed by atoms with van der Waals surface area (Å²) in [5.74, 6) is 0.914. The highest BCUT2D eigenvalue weighted by Gasteiger charge is 2.15. The molecule has 1 aromatic heterocycles. The Balaban J connectivity index is 2.17. The Labute approximate surface area is 127 Å². The van der Waals surface area contributed by atoms with Crippen molar-refractivity contribution < 1.29 is 9.53 Å². The van der Waals surface area contributed by atoms with E-state index >= 15 is 0 Å². The first-order chi connectivity index (χ1) is 10.1. The Morgan fingerprint density at radius 3 is 2.90 bits per heavy atom. The van der Waals surface area contributed by atoms with E-state index < -0.39 is 5.91 Å². The number of aryl methyl sites for hydroxylation is 1. The topological polar surface area (TPSA) is 79.9 Å². The zero-order valence-corrected chi connectivity index (χ0v) is 12.7. The van der Waals surface area contributed by atoms with E-state index in [0.717, 1.165) is 6.42 Å². The zero-order valence-electron chi connectivity index (χ0n) is 11.9. The number of hydrogen-bond donors (Lipinski definition) is 2. The van der Waals surface area contributed by atoms with Gasteiger partial charge in [0.2, 0.25) is 5.82 Å². The number of anilines is 1. The van der Waals surface area contributed by atoms with Crippen molar-refractivity contribution in [1.29, 1.82) is 0 Å². The molecule has 0 bridgehead atoms. The maximum atomic E-state index is 12.1. The van der Waals surface area contributed by atoms with Gasteiger partial charge in [0.1, 0.15) is 11.6 Å². The second-order valence-corrected chi connectivity index (χ2v) is 4.84. The van der Waals surface area contributed by atoms with Crippen molar-refractivity contribution in [2.24, 2.45) is 0 Å². The molecule has 2 rings (SSSR count). The first-order valence-corrected chi connectivity index (χ1v) is 7.16. The van der Waals surface area contributed by atoms with Crippen LogP contribution in [-0.2, 0) is 6.42 Å². The SMILES string of the molecule is CCCOc1ccc(Cl)cc1NC(=O)c1n[nH]c(CC)n1. The van der Waals surface area contributed by atoms with Crippen molar-refractivity contribution in [2.75, 3.05) is 11.9 Å². The Bertz CT molecular complexity index is 627. The normalized spacial score (nSPS) is 10.4. The molecule has 0 unspecified atom stereocenters. The lowest BCUT2D eigenvalue weighted by molar-refractivity contribution is 0.101. The van der Waals surface area contributed by atoms with Crippen molar-refractivity contribution >= 4 is 23.2 Å². The summed E-state index contributed by atoms with van der Waals surface area (Å²) in [4.78, 5) is 16.2. The largest absolute Gasteiger partial charge is 0.491 e. The summed E-state index contributed by atoms with van der Waals surface area (Å²) in [6.45, 7) is 4.50. The number of nitrogens with zero attached hydrogens (tertiary/aromatic N) is 2. The lowest BCUT2D eigenvalue weighted by Gasteiger charge is -2.11. The van der Waals surface area contributed by atoms with Crippen LogP contribution in [0.25, 0.3) is 0 Å². The zero-order chi connectivity index (χ0) is 15.2. The molecule has 7 heteroatoms. The Morgan fingerprint density at radius 1 is 1.43 bits per heavy atom. The summed E-state index contributed by atoms with van der Waals surface area (Å²) in [6.07, 6.45) is 1.55. The van der Waals surface area contributed by atoms with E-state index in [0.29, 0.717) is 35.3 Å². The van der Waals surface area contributed by atoms with Crippen LogP contribution < -0.4 is 10.1 Å². The summed E-state index contributed by atoms with van der Waals surface area (Å²) in [5.41, 5.74) is 0.504. The van der Waals surface area contributed by atoms with Crippen LogP contribution in [0.3, 0.4) is 0 Å². The number of aromatic nitrogens is 3. The highest BCUT2D eigenvalue weighted by atomic mass is 35.5. The van der Waals surface area contributed by atoms with Gasteiger partial charge in [0, 0.05) is 11.4 Å². The number of amides is 1. The van der Waals surface area contributed by atoms with Gasteiger partial charge in [0.25, 0.3) is 5.91 Å². The Morgan fingerprint density at radius 2 is 2.24 bits per heavy atom. The lowest BCUT2D eigenvalue weighted by Crippen LogP contribution is -2.15. The van der Waals surface area contributed by atoms with E-state index in [4.69, 9.17) is 16.3 Å². The first-order valence-electron chi connectivity index (χ1n) is 6.79. The molecule has 1 aromatic carbocycles. The van der Waals surface area contributed by atoms with Crippen LogP contribution in [0.2, 0.25) is 5.02 Å². The van der Waals surface area contributed by atoms with Gasteiger partial charge in [-0.2, -0.15) is 0 Å². The number of ether oxygens (including phenoxy) is 1. The van der Waals surface area contributed by atoms with Crippen molar-refractivity contribution in [2.45, 2.75) is 26.7 Å². The number of H-pyrrole nitrogens is 1. The molecule has 1 heterocycles. The molecule has 0 saturated carbocycles. The van der Waals surface area contributed by atoms with Crippen molar-refractivity contribution in [3.63, 3.8) is 0 Å². The lowest BCUT2D eigenvalue weighted by atomic mass is 10.3. The first kappa shape index (κ1) is 15.3. The Kier molecular flexibility index (Phi) is 5.16. The highest BCUT2D eigenvalue weighted by Crippen LogP contribution is 2.28. The molecule has 0 aliphatic heterocycles. The quantitative estimate of drug-likeness (QED) is 0.859. The van der Waals surface area contributed by atoms with Crippen molar-refractivity contribution in [1.82, 2.24) is 15.2 Å². The monoisotopic (exact) mass is 308 g/mol. The van der Waals surface area contributed by atoms with E-state index in [1.54, 1.807) is 18.2 Å². The number of carbonyl (C=O) groups excluding carboxylic acids is 1. The summed E-state index contributed by atoms with van der Waals surface area (Å²) in [6, 6.07) is 5.07. The smallest absolute Gasteiger partial charge is 0.295 e. The van der Waals surface area contributed by atoms with E-state index in [2.05, 4.69) is 20.5 Å². The van der Waals surface area contributed by atoms with E-state index in [9.17, 15) is 4.79 Å². The molecular weight excluding hydrogens is 292 g/mol. The maximum absolute atomic E-state index is 12.1. The third kappa shape index (κ3) is 3.95. The van der Waals surface area contributed by atoms with Gasteiger partial charge in [-0.3, -0.25) is 9.89 Å². The molecule has 0 saturated heterocycles. The van der Waals surface area contributed by atoms with Crippen LogP contribution in [0.5, 0.6) is 5.75 Å². The van der Waals surface area contributed by atoms with Crippen LogP contribution in [0, 0.1) is 0 Å². The van der Waals surface area contributed by atoms with Crippen LogP contribution in [-0.4, -0.2) is 27.7 Å². The van der Waals surface area contributed by atoms with Crippen LogP contribution in [0.15, 0.2) is 18.2 Å². The molecule has 0 radical (unpaired) electrons. The second kappa shape index (κ2) is 7.08. The number of rotatable bonds is 6. The maximum Gasteiger partial charge on any atom is 0.295 e. The number of benzene rings is 1. The third-order valence-electron chi connectivity index (χ3n) is 2.72. The molecule has 2 N–H and O–H groups in total.